The first-order chi connectivity index (χ1) is 12.9. The zero-order chi connectivity index (χ0) is 19.1. The third-order valence-corrected chi connectivity index (χ3v) is 5.11. The van der Waals surface area contributed by atoms with E-state index >= 15 is 0 Å². The maximum absolute atomic E-state index is 13.7. The third-order valence-electron chi connectivity index (χ3n) is 4.29. The SMILES string of the molecule is O[C@@]1(C(F)(F)F)CC(c2ccccc2)=NN1c1nc(-c2ccccc2)cs1. The van der Waals surface area contributed by atoms with Crippen molar-refractivity contribution < 1.29 is 18.3 Å². The Hall–Kier alpha value is -2.71. The highest BCUT2D eigenvalue weighted by molar-refractivity contribution is 7.14. The Morgan fingerprint density at radius 1 is 0.963 bits per heavy atom. The van der Waals surface area contributed by atoms with Crippen molar-refractivity contribution in [2.45, 2.75) is 18.3 Å². The molecule has 27 heavy (non-hydrogen) atoms. The molecule has 0 saturated heterocycles. The Morgan fingerprint density at radius 2 is 1.56 bits per heavy atom. The molecule has 2 aromatic carbocycles. The highest BCUT2D eigenvalue weighted by Gasteiger charge is 2.62. The fourth-order valence-electron chi connectivity index (χ4n) is 2.86. The average Bonchev–Trinajstić information content (AvgIpc) is 3.28. The largest absolute Gasteiger partial charge is 0.438 e. The number of aromatic nitrogens is 1. The second kappa shape index (κ2) is 6.47. The number of thiazole rings is 1. The van der Waals surface area contributed by atoms with E-state index in [-0.39, 0.29) is 10.8 Å². The monoisotopic (exact) mass is 389 g/mol. The molecule has 0 amide bonds. The summed E-state index contributed by atoms with van der Waals surface area (Å²) >= 11 is 1.01. The lowest BCUT2D eigenvalue weighted by molar-refractivity contribution is -0.254. The maximum Gasteiger partial charge on any atom is 0.438 e. The number of benzene rings is 2. The second-order valence-corrected chi connectivity index (χ2v) is 6.93. The average molecular weight is 389 g/mol. The smallest absolute Gasteiger partial charge is 0.362 e. The van der Waals surface area contributed by atoms with E-state index in [0.29, 0.717) is 16.3 Å². The van der Waals surface area contributed by atoms with E-state index in [2.05, 4.69) is 10.1 Å². The van der Waals surface area contributed by atoms with E-state index in [4.69, 9.17) is 0 Å². The van der Waals surface area contributed by atoms with Crippen LogP contribution in [0.3, 0.4) is 0 Å². The lowest BCUT2D eigenvalue weighted by Gasteiger charge is -2.32. The van der Waals surface area contributed by atoms with E-state index in [9.17, 15) is 18.3 Å². The van der Waals surface area contributed by atoms with Gasteiger partial charge in [0.2, 0.25) is 5.13 Å². The molecule has 0 radical (unpaired) electrons. The minimum Gasteiger partial charge on any atom is -0.362 e. The number of hydrazone groups is 1. The number of alkyl halides is 3. The topological polar surface area (TPSA) is 48.7 Å². The summed E-state index contributed by atoms with van der Waals surface area (Å²) in [4.78, 5) is 4.28. The first-order valence-corrected chi connectivity index (χ1v) is 9.00. The van der Waals surface area contributed by atoms with Crippen molar-refractivity contribution >= 4 is 22.2 Å². The summed E-state index contributed by atoms with van der Waals surface area (Å²) in [7, 11) is 0. The first-order valence-electron chi connectivity index (χ1n) is 8.12. The van der Waals surface area contributed by atoms with Crippen molar-refractivity contribution in [1.29, 1.82) is 0 Å². The summed E-state index contributed by atoms with van der Waals surface area (Å²) in [5.74, 6) is 0. The minimum atomic E-state index is -4.90. The van der Waals surface area contributed by atoms with Gasteiger partial charge in [-0.3, -0.25) is 0 Å². The van der Waals surface area contributed by atoms with Gasteiger partial charge in [-0.2, -0.15) is 23.3 Å². The predicted molar refractivity (Wildman–Crippen MR) is 98.6 cm³/mol. The molecule has 2 heterocycles. The Labute approximate surface area is 157 Å². The molecular formula is C19H14F3N3OS. The highest BCUT2D eigenvalue weighted by atomic mass is 32.1. The van der Waals surface area contributed by atoms with Crippen LogP contribution < -0.4 is 5.01 Å². The molecule has 0 unspecified atom stereocenters. The highest BCUT2D eigenvalue weighted by Crippen LogP contribution is 2.45. The van der Waals surface area contributed by atoms with Crippen LogP contribution in [0, 0.1) is 0 Å². The van der Waals surface area contributed by atoms with Gasteiger partial charge < -0.3 is 5.11 Å². The van der Waals surface area contributed by atoms with E-state index in [0.717, 1.165) is 16.9 Å². The molecule has 4 rings (SSSR count). The number of rotatable bonds is 3. The molecule has 1 aromatic heterocycles. The number of anilines is 1. The third kappa shape index (κ3) is 3.11. The van der Waals surface area contributed by atoms with Gasteiger partial charge in [-0.15, -0.1) is 11.3 Å². The molecule has 1 N–H and O–H groups in total. The van der Waals surface area contributed by atoms with Gasteiger partial charge in [-0.05, 0) is 5.56 Å². The van der Waals surface area contributed by atoms with Crippen LogP contribution in [0.1, 0.15) is 12.0 Å². The molecule has 0 saturated carbocycles. The molecule has 0 fully saturated rings. The normalized spacial score (nSPS) is 20.0. The number of hydrogen-bond donors (Lipinski definition) is 1. The fraction of sp³-hybridized carbons (Fsp3) is 0.158. The fourth-order valence-corrected chi connectivity index (χ4v) is 3.71. The molecular weight excluding hydrogens is 375 g/mol. The molecule has 1 atom stereocenters. The zero-order valence-electron chi connectivity index (χ0n) is 13.9. The summed E-state index contributed by atoms with van der Waals surface area (Å²) < 4.78 is 41.1. The van der Waals surface area contributed by atoms with Crippen molar-refractivity contribution in [3.8, 4) is 11.3 Å². The Bertz CT molecular complexity index is 973. The summed E-state index contributed by atoms with van der Waals surface area (Å²) in [6.45, 7) is 0. The summed E-state index contributed by atoms with van der Waals surface area (Å²) in [5, 5.41) is 16.8. The van der Waals surface area contributed by atoms with Crippen molar-refractivity contribution in [3.05, 3.63) is 71.6 Å². The molecule has 0 spiro atoms. The Kier molecular flexibility index (Phi) is 4.24. The van der Waals surface area contributed by atoms with Gasteiger partial charge in [0.05, 0.1) is 17.8 Å². The van der Waals surface area contributed by atoms with Crippen molar-refractivity contribution in [2.24, 2.45) is 5.10 Å². The van der Waals surface area contributed by atoms with E-state index in [1.807, 2.05) is 30.3 Å². The molecule has 0 aliphatic carbocycles. The van der Waals surface area contributed by atoms with Gasteiger partial charge in [-0.1, -0.05) is 60.7 Å². The number of aliphatic hydroxyl groups is 1. The van der Waals surface area contributed by atoms with Crippen molar-refractivity contribution in [3.63, 3.8) is 0 Å². The molecule has 4 nitrogen and oxygen atoms in total. The van der Waals surface area contributed by atoms with Crippen LogP contribution in [0.25, 0.3) is 11.3 Å². The van der Waals surface area contributed by atoms with Crippen LogP contribution in [0.2, 0.25) is 0 Å². The lowest BCUT2D eigenvalue weighted by atomic mass is 10.0. The number of halogens is 3. The Morgan fingerprint density at radius 3 is 2.15 bits per heavy atom. The van der Waals surface area contributed by atoms with E-state index in [1.165, 1.54) is 0 Å². The van der Waals surface area contributed by atoms with Crippen LogP contribution in [-0.4, -0.2) is 27.7 Å². The van der Waals surface area contributed by atoms with Gasteiger partial charge in [0, 0.05) is 10.9 Å². The van der Waals surface area contributed by atoms with E-state index in [1.54, 1.807) is 35.7 Å². The maximum atomic E-state index is 13.7. The quantitative estimate of drug-likeness (QED) is 0.708. The minimum absolute atomic E-state index is 0.0143. The molecule has 138 valence electrons. The summed E-state index contributed by atoms with van der Waals surface area (Å²) in [6, 6.07) is 17.6. The van der Waals surface area contributed by atoms with Gasteiger partial charge in [0.1, 0.15) is 0 Å². The Balaban J connectivity index is 1.76. The molecule has 0 bridgehead atoms. The van der Waals surface area contributed by atoms with Crippen molar-refractivity contribution in [2.75, 3.05) is 5.01 Å². The van der Waals surface area contributed by atoms with Gasteiger partial charge >= 0.3 is 6.18 Å². The van der Waals surface area contributed by atoms with Gasteiger partial charge in [0.15, 0.2) is 0 Å². The van der Waals surface area contributed by atoms with Crippen LogP contribution in [-0.2, 0) is 0 Å². The van der Waals surface area contributed by atoms with Crippen LogP contribution in [0.5, 0.6) is 0 Å². The van der Waals surface area contributed by atoms with Crippen LogP contribution in [0.4, 0.5) is 18.3 Å². The van der Waals surface area contributed by atoms with Gasteiger partial charge in [-0.25, -0.2) is 4.98 Å². The summed E-state index contributed by atoms with van der Waals surface area (Å²) in [5.41, 5.74) is -1.14. The number of hydrogen-bond acceptors (Lipinski definition) is 5. The van der Waals surface area contributed by atoms with Crippen molar-refractivity contribution in [1.82, 2.24) is 4.98 Å². The predicted octanol–water partition coefficient (Wildman–Crippen LogP) is 4.68. The van der Waals surface area contributed by atoms with Crippen LogP contribution in [0.15, 0.2) is 71.1 Å². The zero-order valence-corrected chi connectivity index (χ0v) is 14.7. The van der Waals surface area contributed by atoms with Gasteiger partial charge in [0.25, 0.3) is 5.72 Å². The van der Waals surface area contributed by atoms with E-state index < -0.39 is 18.3 Å². The standard InChI is InChI=1S/C19H14F3N3OS/c20-19(21,22)18(26)11-15(13-7-3-1-4-8-13)24-25(18)17-23-16(12-27-17)14-9-5-2-6-10-14/h1-10,12,26H,11H2/t18-/m1/s1. The summed E-state index contributed by atoms with van der Waals surface area (Å²) in [6.07, 6.45) is -5.56. The molecule has 8 heteroatoms. The lowest BCUT2D eigenvalue weighted by Crippen LogP contribution is -2.55. The number of nitrogens with zero attached hydrogens (tertiary/aromatic N) is 3. The first kappa shape index (κ1) is 17.7. The molecule has 1 aliphatic rings. The molecule has 3 aromatic rings. The second-order valence-electron chi connectivity index (χ2n) is 6.10. The van der Waals surface area contributed by atoms with Crippen LogP contribution >= 0.6 is 11.3 Å². The molecule has 1 aliphatic heterocycles.